The van der Waals surface area contributed by atoms with E-state index in [1.54, 1.807) is 13.2 Å². The van der Waals surface area contributed by atoms with Crippen molar-refractivity contribution in [2.75, 3.05) is 31.6 Å². The van der Waals surface area contributed by atoms with Gasteiger partial charge in [0.05, 0.1) is 12.8 Å². The van der Waals surface area contributed by atoms with Gasteiger partial charge in [-0.25, -0.2) is 0 Å². The van der Waals surface area contributed by atoms with Crippen LogP contribution in [0.4, 0.5) is 11.4 Å². The highest BCUT2D eigenvalue weighted by Crippen LogP contribution is 2.25. The number of ether oxygens (including phenoxy) is 2. The first-order valence-corrected chi connectivity index (χ1v) is 9.88. The Kier molecular flexibility index (Phi) is 6.54. The van der Waals surface area contributed by atoms with E-state index in [1.165, 1.54) is 4.90 Å². The average molecular weight is 393 g/mol. The van der Waals surface area contributed by atoms with Crippen LogP contribution >= 0.6 is 0 Å². The van der Waals surface area contributed by atoms with E-state index in [0.717, 1.165) is 30.1 Å². The Hall–Kier alpha value is -3.28. The first kappa shape index (κ1) is 20.5. The fraction of sp³-hybridized carbons (Fsp3) is 0.304. The summed E-state index contributed by atoms with van der Waals surface area (Å²) in [5, 5.41) is 0. The lowest BCUT2D eigenvalue weighted by atomic mass is 10.1. The summed E-state index contributed by atoms with van der Waals surface area (Å²) >= 11 is 0. The fourth-order valence-corrected chi connectivity index (χ4v) is 3.16. The molecule has 0 spiro atoms. The van der Waals surface area contributed by atoms with Crippen LogP contribution in [0.1, 0.15) is 26.3 Å². The molecule has 1 amide bonds. The van der Waals surface area contributed by atoms with Gasteiger partial charge < -0.3 is 14.4 Å². The molecule has 29 heavy (non-hydrogen) atoms. The summed E-state index contributed by atoms with van der Waals surface area (Å²) < 4.78 is 11.0. The summed E-state index contributed by atoms with van der Waals surface area (Å²) in [7, 11) is 1.62. The number of hydrogen-bond donors (Lipinski definition) is 0. The highest BCUT2D eigenvalue weighted by molar-refractivity contribution is 6.11. The predicted molar refractivity (Wildman–Crippen MR) is 117 cm³/mol. The molecule has 6 nitrogen and oxygen atoms in total. The molecule has 0 saturated carbocycles. The quantitative estimate of drug-likeness (QED) is 0.652. The zero-order valence-electron chi connectivity index (χ0n) is 17.4. The number of carbonyl (C=O) groups is 1. The SMILES string of the molecule is CCN1C(=O)/C(=C\c2ccc(N(CC)CC)cc2)OC1=Nc1ccc(OC)cc1. The molecule has 0 unspecified atom stereocenters. The molecule has 1 saturated heterocycles. The minimum absolute atomic E-state index is 0.187. The molecule has 0 bridgehead atoms. The maximum Gasteiger partial charge on any atom is 0.305 e. The maximum absolute atomic E-state index is 12.7. The second-order valence-electron chi connectivity index (χ2n) is 6.52. The number of amides is 1. The number of carbonyl (C=O) groups excluding carboxylic acids is 1. The smallest absolute Gasteiger partial charge is 0.305 e. The van der Waals surface area contributed by atoms with E-state index in [4.69, 9.17) is 9.47 Å². The normalized spacial score (nSPS) is 16.4. The Morgan fingerprint density at radius 2 is 1.69 bits per heavy atom. The molecule has 0 atom stereocenters. The highest BCUT2D eigenvalue weighted by Gasteiger charge is 2.33. The van der Waals surface area contributed by atoms with Gasteiger partial charge in [0, 0.05) is 25.3 Å². The predicted octanol–water partition coefficient (Wildman–Crippen LogP) is 4.45. The summed E-state index contributed by atoms with van der Waals surface area (Å²) in [5.74, 6) is 0.834. The van der Waals surface area contributed by atoms with Gasteiger partial charge in [-0.3, -0.25) is 9.69 Å². The van der Waals surface area contributed by atoms with Crippen molar-refractivity contribution in [1.82, 2.24) is 4.90 Å². The van der Waals surface area contributed by atoms with E-state index in [2.05, 4.69) is 35.9 Å². The monoisotopic (exact) mass is 393 g/mol. The second-order valence-corrected chi connectivity index (χ2v) is 6.52. The Labute approximate surface area is 172 Å². The minimum Gasteiger partial charge on any atom is -0.497 e. The lowest BCUT2D eigenvalue weighted by molar-refractivity contribution is -0.122. The third-order valence-electron chi connectivity index (χ3n) is 4.82. The van der Waals surface area contributed by atoms with E-state index in [0.29, 0.717) is 12.2 Å². The number of amidine groups is 1. The highest BCUT2D eigenvalue weighted by atomic mass is 16.5. The van der Waals surface area contributed by atoms with Crippen molar-refractivity contribution in [2.24, 2.45) is 4.99 Å². The number of likely N-dealkylation sites (N-methyl/N-ethyl adjacent to an activating group) is 1. The molecular weight excluding hydrogens is 366 g/mol. The van der Waals surface area contributed by atoms with Crippen LogP contribution in [0.3, 0.4) is 0 Å². The van der Waals surface area contributed by atoms with Crippen molar-refractivity contribution < 1.29 is 14.3 Å². The van der Waals surface area contributed by atoms with Gasteiger partial charge in [-0.2, -0.15) is 4.99 Å². The third kappa shape index (κ3) is 4.59. The molecule has 1 aliphatic heterocycles. The Morgan fingerprint density at radius 3 is 2.24 bits per heavy atom. The van der Waals surface area contributed by atoms with Crippen LogP contribution in [0.5, 0.6) is 5.75 Å². The molecular formula is C23H27N3O3. The number of methoxy groups -OCH3 is 1. The zero-order valence-corrected chi connectivity index (χ0v) is 17.4. The first-order valence-electron chi connectivity index (χ1n) is 9.88. The zero-order chi connectivity index (χ0) is 20.8. The van der Waals surface area contributed by atoms with Crippen molar-refractivity contribution in [3.05, 3.63) is 59.9 Å². The molecule has 1 heterocycles. The molecule has 1 aliphatic rings. The summed E-state index contributed by atoms with van der Waals surface area (Å²) in [4.78, 5) is 21.0. The number of anilines is 1. The molecule has 2 aromatic rings. The standard InChI is InChI=1S/C23H27N3O3/c1-5-25(6-2)19-12-8-17(9-13-19)16-21-22(27)26(7-3)23(29-21)24-18-10-14-20(28-4)15-11-18/h8-16H,5-7H2,1-4H3/b21-16+,24-23?. The largest absolute Gasteiger partial charge is 0.497 e. The number of aliphatic imine (C=N–C) groups is 1. The van der Waals surface area contributed by atoms with Crippen LogP contribution in [-0.2, 0) is 9.53 Å². The van der Waals surface area contributed by atoms with Crippen LogP contribution in [0.25, 0.3) is 6.08 Å². The van der Waals surface area contributed by atoms with Gasteiger partial charge in [-0.1, -0.05) is 12.1 Å². The number of rotatable bonds is 7. The van der Waals surface area contributed by atoms with Crippen LogP contribution < -0.4 is 9.64 Å². The van der Waals surface area contributed by atoms with Crippen molar-refractivity contribution in [3.8, 4) is 5.75 Å². The van der Waals surface area contributed by atoms with Crippen molar-refractivity contribution >= 4 is 29.4 Å². The van der Waals surface area contributed by atoms with E-state index in [-0.39, 0.29) is 17.7 Å². The van der Waals surface area contributed by atoms with Crippen LogP contribution in [0, 0.1) is 0 Å². The number of hydrogen-bond acceptors (Lipinski definition) is 5. The van der Waals surface area contributed by atoms with Gasteiger partial charge in [-0.15, -0.1) is 0 Å². The molecule has 2 aromatic carbocycles. The first-order chi connectivity index (χ1) is 14.1. The third-order valence-corrected chi connectivity index (χ3v) is 4.82. The minimum atomic E-state index is -0.187. The van der Waals surface area contributed by atoms with Crippen LogP contribution in [0.15, 0.2) is 59.3 Å². The Balaban J connectivity index is 1.83. The molecule has 6 heteroatoms. The van der Waals surface area contributed by atoms with Gasteiger partial charge in [0.25, 0.3) is 5.91 Å². The van der Waals surface area contributed by atoms with E-state index in [9.17, 15) is 4.79 Å². The summed E-state index contributed by atoms with van der Waals surface area (Å²) in [6, 6.07) is 15.7. The second kappa shape index (κ2) is 9.28. The molecule has 1 fully saturated rings. The lowest BCUT2D eigenvalue weighted by Gasteiger charge is -2.20. The van der Waals surface area contributed by atoms with Crippen LogP contribution in [-0.4, -0.2) is 43.6 Å². The molecule has 0 radical (unpaired) electrons. The van der Waals surface area contributed by atoms with E-state index in [1.807, 2.05) is 43.3 Å². The lowest BCUT2D eigenvalue weighted by Crippen LogP contribution is -2.29. The van der Waals surface area contributed by atoms with Gasteiger partial charge in [0.15, 0.2) is 5.76 Å². The van der Waals surface area contributed by atoms with Crippen molar-refractivity contribution in [3.63, 3.8) is 0 Å². The fourth-order valence-electron chi connectivity index (χ4n) is 3.16. The summed E-state index contributed by atoms with van der Waals surface area (Å²) in [5.41, 5.74) is 2.76. The molecule has 3 rings (SSSR count). The maximum atomic E-state index is 12.7. The van der Waals surface area contributed by atoms with Crippen molar-refractivity contribution in [1.29, 1.82) is 0 Å². The average Bonchev–Trinajstić information content (AvgIpc) is 3.04. The van der Waals surface area contributed by atoms with E-state index < -0.39 is 0 Å². The molecule has 0 aromatic heterocycles. The van der Waals surface area contributed by atoms with Crippen molar-refractivity contribution in [2.45, 2.75) is 20.8 Å². The molecule has 0 aliphatic carbocycles. The molecule has 152 valence electrons. The van der Waals surface area contributed by atoms with Gasteiger partial charge in [0.2, 0.25) is 0 Å². The molecule has 0 N–H and O–H groups in total. The number of benzene rings is 2. The Morgan fingerprint density at radius 1 is 1.03 bits per heavy atom. The number of nitrogens with zero attached hydrogens (tertiary/aromatic N) is 3. The Bertz CT molecular complexity index is 898. The topological polar surface area (TPSA) is 54.4 Å². The van der Waals surface area contributed by atoms with Gasteiger partial charge in [0.1, 0.15) is 5.75 Å². The summed E-state index contributed by atoms with van der Waals surface area (Å²) in [6.45, 7) is 8.55. The van der Waals surface area contributed by atoms with Gasteiger partial charge in [-0.05, 0) is 68.8 Å². The van der Waals surface area contributed by atoms with Gasteiger partial charge >= 0.3 is 6.02 Å². The van der Waals surface area contributed by atoms with Crippen LogP contribution in [0.2, 0.25) is 0 Å². The van der Waals surface area contributed by atoms with E-state index >= 15 is 0 Å². The summed E-state index contributed by atoms with van der Waals surface area (Å²) in [6.07, 6.45) is 1.76.